The number of ether oxygens (including phenoxy) is 1. The van der Waals surface area contributed by atoms with Crippen molar-refractivity contribution in [3.8, 4) is 11.6 Å². The summed E-state index contributed by atoms with van der Waals surface area (Å²) in [7, 11) is -3.15. The first-order chi connectivity index (χ1) is 18.7. The molecule has 39 heavy (non-hydrogen) atoms. The molecule has 0 spiro atoms. The van der Waals surface area contributed by atoms with Crippen molar-refractivity contribution in [2.24, 2.45) is 0 Å². The van der Waals surface area contributed by atoms with Crippen LogP contribution in [0.1, 0.15) is 15.9 Å². The first-order valence-corrected chi connectivity index (χ1v) is 14.3. The van der Waals surface area contributed by atoms with Crippen molar-refractivity contribution in [2.75, 3.05) is 16.9 Å². The lowest BCUT2D eigenvalue weighted by atomic mass is 10.0. The van der Waals surface area contributed by atoms with Gasteiger partial charge in [-0.1, -0.05) is 35.9 Å². The van der Waals surface area contributed by atoms with E-state index in [4.69, 9.17) is 16.3 Å². The molecule has 1 aromatic heterocycles. The van der Waals surface area contributed by atoms with E-state index < -0.39 is 9.84 Å². The van der Waals surface area contributed by atoms with Crippen LogP contribution in [0.4, 0.5) is 17.3 Å². The number of hydrogen-bond acceptors (Lipinski definition) is 7. The topological polar surface area (TPSA) is 110 Å². The largest absolute Gasteiger partial charge is 0.439 e. The Morgan fingerprint density at radius 1 is 0.923 bits per heavy atom. The summed E-state index contributed by atoms with van der Waals surface area (Å²) in [5.74, 6) is 0.863. The molecule has 0 saturated heterocycles. The predicted octanol–water partition coefficient (Wildman–Crippen LogP) is 6.62. The molecule has 10 heteroatoms. The summed E-state index contributed by atoms with van der Waals surface area (Å²) in [5, 5.41) is 8.16. The maximum absolute atomic E-state index is 12.9. The third kappa shape index (κ3) is 6.90. The highest BCUT2D eigenvalue weighted by Gasteiger charge is 2.12. The zero-order chi connectivity index (χ0) is 27.4. The van der Waals surface area contributed by atoms with Crippen LogP contribution < -0.4 is 15.4 Å². The Kier molecular flexibility index (Phi) is 7.44. The fourth-order valence-electron chi connectivity index (χ4n) is 4.01. The van der Waals surface area contributed by atoms with E-state index in [0.29, 0.717) is 45.1 Å². The van der Waals surface area contributed by atoms with Gasteiger partial charge in [-0.3, -0.25) is 4.79 Å². The van der Waals surface area contributed by atoms with Crippen LogP contribution in [-0.2, 0) is 15.6 Å². The minimum Gasteiger partial charge on any atom is -0.439 e. The quantitative estimate of drug-likeness (QED) is 0.220. The molecule has 2 N–H and O–H groups in total. The van der Waals surface area contributed by atoms with Crippen LogP contribution in [0, 0.1) is 0 Å². The lowest BCUT2D eigenvalue weighted by Gasteiger charge is -2.11. The third-order valence-corrected chi connectivity index (χ3v) is 6.77. The summed E-state index contributed by atoms with van der Waals surface area (Å²) in [4.78, 5) is 21.6. The van der Waals surface area contributed by atoms with Crippen molar-refractivity contribution in [3.63, 3.8) is 0 Å². The molecule has 196 valence electrons. The highest BCUT2D eigenvalue weighted by Crippen LogP contribution is 2.28. The normalized spacial score (nSPS) is 11.2. The highest BCUT2D eigenvalue weighted by molar-refractivity contribution is 7.89. The number of amides is 1. The molecular weight excluding hydrogens is 536 g/mol. The van der Waals surface area contributed by atoms with E-state index in [2.05, 4.69) is 20.6 Å². The number of carbonyl (C=O) groups excluding carboxylic acids is 1. The second-order valence-corrected chi connectivity index (χ2v) is 11.4. The van der Waals surface area contributed by atoms with Gasteiger partial charge in [0.1, 0.15) is 5.75 Å². The fourth-order valence-corrected chi connectivity index (χ4v) is 4.92. The molecule has 5 rings (SSSR count). The number of sulfone groups is 1. The zero-order valence-electron chi connectivity index (χ0n) is 20.8. The third-order valence-electron chi connectivity index (χ3n) is 5.66. The summed E-state index contributed by atoms with van der Waals surface area (Å²) in [6, 6.07) is 26.5. The Balaban J connectivity index is 1.32. The molecule has 0 aliphatic heterocycles. The monoisotopic (exact) mass is 558 g/mol. The van der Waals surface area contributed by atoms with E-state index in [1.54, 1.807) is 72.9 Å². The SMILES string of the molecule is CS(=O)(=O)Cc1cccc(Nc2nccc(Oc3ccc4c(C(=O)Nc5ccc(Cl)cc5)cccc4c3)n2)c1. The number of anilines is 3. The van der Waals surface area contributed by atoms with Gasteiger partial charge in [-0.25, -0.2) is 13.4 Å². The van der Waals surface area contributed by atoms with E-state index in [1.165, 1.54) is 6.26 Å². The van der Waals surface area contributed by atoms with Crippen LogP contribution in [0.15, 0.2) is 97.2 Å². The lowest BCUT2D eigenvalue weighted by Crippen LogP contribution is -2.12. The smallest absolute Gasteiger partial charge is 0.256 e. The van der Waals surface area contributed by atoms with Crippen molar-refractivity contribution >= 4 is 55.4 Å². The van der Waals surface area contributed by atoms with E-state index in [0.717, 1.165) is 10.8 Å². The Morgan fingerprint density at radius 3 is 2.51 bits per heavy atom. The molecule has 0 atom stereocenters. The average molecular weight is 559 g/mol. The van der Waals surface area contributed by atoms with Gasteiger partial charge in [0.15, 0.2) is 9.84 Å². The number of hydrogen-bond donors (Lipinski definition) is 2. The van der Waals surface area contributed by atoms with Gasteiger partial charge < -0.3 is 15.4 Å². The van der Waals surface area contributed by atoms with E-state index in [-0.39, 0.29) is 11.7 Å². The molecule has 4 aromatic carbocycles. The molecule has 0 aliphatic rings. The molecule has 0 bridgehead atoms. The van der Waals surface area contributed by atoms with E-state index >= 15 is 0 Å². The molecule has 0 radical (unpaired) electrons. The second-order valence-electron chi connectivity index (χ2n) is 8.87. The van der Waals surface area contributed by atoms with Crippen LogP contribution in [0.3, 0.4) is 0 Å². The fraction of sp³-hybridized carbons (Fsp3) is 0.0690. The number of benzene rings is 4. The van der Waals surface area contributed by atoms with Gasteiger partial charge in [0.25, 0.3) is 5.91 Å². The summed E-state index contributed by atoms with van der Waals surface area (Å²) >= 11 is 5.93. The molecule has 0 unspecified atom stereocenters. The van der Waals surface area contributed by atoms with Crippen molar-refractivity contribution in [1.82, 2.24) is 9.97 Å². The summed E-state index contributed by atoms with van der Waals surface area (Å²) in [6.07, 6.45) is 2.76. The average Bonchev–Trinajstić information content (AvgIpc) is 2.89. The second kappa shape index (κ2) is 11.1. The number of fused-ring (bicyclic) bond motifs is 1. The molecule has 0 fully saturated rings. The Hall–Kier alpha value is -4.47. The standard InChI is InChI=1S/C29H23ClN4O4S/c1-39(36,37)18-19-4-2-6-23(16-19)33-29-31-15-14-27(34-29)38-24-12-13-25-20(17-24)5-3-7-26(25)28(35)32-22-10-8-21(30)9-11-22/h2-17H,18H2,1H3,(H,32,35)(H,31,33,34). The van der Waals surface area contributed by atoms with Crippen LogP contribution in [-0.4, -0.2) is 30.5 Å². The maximum atomic E-state index is 12.9. The predicted molar refractivity (Wildman–Crippen MR) is 154 cm³/mol. The Bertz CT molecular complexity index is 1780. The number of nitrogens with one attached hydrogen (secondary N) is 2. The number of rotatable bonds is 8. The van der Waals surface area contributed by atoms with Crippen LogP contribution in [0.5, 0.6) is 11.6 Å². The van der Waals surface area contributed by atoms with Gasteiger partial charge in [0.05, 0.1) is 5.75 Å². The molecule has 0 aliphatic carbocycles. The number of aromatic nitrogens is 2. The minimum atomic E-state index is -3.15. The first kappa shape index (κ1) is 26.1. The minimum absolute atomic E-state index is 0.0566. The first-order valence-electron chi connectivity index (χ1n) is 11.9. The van der Waals surface area contributed by atoms with Crippen molar-refractivity contribution in [1.29, 1.82) is 0 Å². The van der Waals surface area contributed by atoms with Gasteiger partial charge >= 0.3 is 0 Å². The zero-order valence-corrected chi connectivity index (χ0v) is 22.3. The van der Waals surface area contributed by atoms with Gasteiger partial charge in [-0.15, -0.1) is 0 Å². The van der Waals surface area contributed by atoms with Crippen LogP contribution in [0.2, 0.25) is 5.02 Å². The van der Waals surface area contributed by atoms with Gasteiger partial charge in [0.2, 0.25) is 11.8 Å². The van der Waals surface area contributed by atoms with Gasteiger partial charge in [-0.05, 0) is 77.0 Å². The van der Waals surface area contributed by atoms with Gasteiger partial charge in [0, 0.05) is 40.5 Å². The van der Waals surface area contributed by atoms with Crippen LogP contribution in [0.25, 0.3) is 10.8 Å². The summed E-state index contributed by atoms with van der Waals surface area (Å²) in [6.45, 7) is 0. The van der Waals surface area contributed by atoms with Crippen LogP contribution >= 0.6 is 11.6 Å². The van der Waals surface area contributed by atoms with Crippen molar-refractivity contribution < 1.29 is 17.9 Å². The highest BCUT2D eigenvalue weighted by atomic mass is 35.5. The number of halogens is 1. The summed E-state index contributed by atoms with van der Waals surface area (Å²) < 4.78 is 29.2. The van der Waals surface area contributed by atoms with Crippen molar-refractivity contribution in [2.45, 2.75) is 5.75 Å². The summed E-state index contributed by atoms with van der Waals surface area (Å²) in [5.41, 5.74) is 2.49. The van der Waals surface area contributed by atoms with E-state index in [9.17, 15) is 13.2 Å². The number of carbonyl (C=O) groups is 1. The maximum Gasteiger partial charge on any atom is 0.256 e. The molecule has 1 heterocycles. The molecular formula is C29H23ClN4O4S. The molecule has 1 amide bonds. The Labute approximate surface area is 230 Å². The van der Waals surface area contributed by atoms with E-state index in [1.807, 2.05) is 24.3 Å². The van der Waals surface area contributed by atoms with Gasteiger partial charge in [-0.2, -0.15) is 4.98 Å². The molecule has 8 nitrogen and oxygen atoms in total. The molecule has 0 saturated carbocycles. The van der Waals surface area contributed by atoms with Crippen molar-refractivity contribution in [3.05, 3.63) is 113 Å². The number of nitrogens with zero attached hydrogens (tertiary/aromatic N) is 2. The Morgan fingerprint density at radius 2 is 1.72 bits per heavy atom. The lowest BCUT2D eigenvalue weighted by molar-refractivity contribution is 0.102. The molecule has 5 aromatic rings.